The van der Waals surface area contributed by atoms with Crippen LogP contribution in [0, 0.1) is 0 Å². The third kappa shape index (κ3) is 4.05. The standard InChI is InChI=1S/C33H27NO5/c1-19-28(33(36)38-3)29(30-31(34-19)24-13-6-7-14-25(24)32(30)35)21-15-16-26(27(17-21)37-2)39-18-22-11-8-10-20-9-4-5-12-23(20)22/h4-17,29,34H,18H2,1-3H3/t29-/m0/s1. The molecule has 1 heterocycles. The molecule has 0 saturated heterocycles. The van der Waals surface area contributed by atoms with Crippen LogP contribution in [0.2, 0.25) is 0 Å². The van der Waals surface area contributed by atoms with Gasteiger partial charge in [0.25, 0.3) is 0 Å². The fourth-order valence-corrected chi connectivity index (χ4v) is 5.60. The number of ketones is 1. The van der Waals surface area contributed by atoms with Gasteiger partial charge in [0.2, 0.25) is 0 Å². The topological polar surface area (TPSA) is 73.9 Å². The molecule has 1 N–H and O–H groups in total. The van der Waals surface area contributed by atoms with E-state index in [1.54, 1.807) is 7.11 Å². The number of nitrogens with one attached hydrogen (secondary N) is 1. The van der Waals surface area contributed by atoms with E-state index < -0.39 is 11.9 Å². The Kier molecular flexibility index (Phi) is 6.15. The van der Waals surface area contributed by atoms with Crippen LogP contribution in [0.1, 0.15) is 39.9 Å². The second kappa shape index (κ2) is 9.80. The summed E-state index contributed by atoms with van der Waals surface area (Å²) in [5.41, 5.74) is 5.52. The first-order valence-corrected chi connectivity index (χ1v) is 12.7. The summed E-state index contributed by atoms with van der Waals surface area (Å²) in [7, 11) is 2.93. The lowest BCUT2D eigenvalue weighted by molar-refractivity contribution is -0.136. The molecule has 6 heteroatoms. The Hall–Kier alpha value is -4.84. The van der Waals surface area contributed by atoms with Crippen molar-refractivity contribution in [3.8, 4) is 11.5 Å². The molecule has 2 aliphatic rings. The zero-order chi connectivity index (χ0) is 27.1. The van der Waals surface area contributed by atoms with Crippen molar-refractivity contribution in [2.45, 2.75) is 19.4 Å². The van der Waals surface area contributed by atoms with E-state index in [0.29, 0.717) is 40.5 Å². The van der Waals surface area contributed by atoms with Crippen molar-refractivity contribution < 1.29 is 23.8 Å². The van der Waals surface area contributed by atoms with Crippen molar-refractivity contribution in [2.24, 2.45) is 0 Å². The fourth-order valence-electron chi connectivity index (χ4n) is 5.60. The number of ether oxygens (including phenoxy) is 3. The van der Waals surface area contributed by atoms with E-state index in [1.807, 2.05) is 73.7 Å². The molecule has 6 nitrogen and oxygen atoms in total. The highest BCUT2D eigenvalue weighted by molar-refractivity contribution is 6.23. The molecule has 0 spiro atoms. The number of hydrogen-bond donors (Lipinski definition) is 1. The van der Waals surface area contributed by atoms with E-state index in [9.17, 15) is 9.59 Å². The third-order valence-electron chi connectivity index (χ3n) is 7.44. The summed E-state index contributed by atoms with van der Waals surface area (Å²) >= 11 is 0. The van der Waals surface area contributed by atoms with Crippen LogP contribution in [0.5, 0.6) is 11.5 Å². The highest BCUT2D eigenvalue weighted by Gasteiger charge is 2.43. The molecule has 1 atom stereocenters. The minimum Gasteiger partial charge on any atom is -0.493 e. The smallest absolute Gasteiger partial charge is 0.336 e. The van der Waals surface area contributed by atoms with Crippen LogP contribution in [0.4, 0.5) is 0 Å². The Morgan fingerprint density at radius 3 is 2.41 bits per heavy atom. The number of carbonyl (C=O) groups is 2. The molecule has 1 aliphatic heterocycles. The van der Waals surface area contributed by atoms with Crippen LogP contribution in [-0.2, 0) is 16.1 Å². The molecule has 4 aromatic rings. The van der Waals surface area contributed by atoms with Gasteiger partial charge in [-0.15, -0.1) is 0 Å². The first-order valence-electron chi connectivity index (χ1n) is 12.7. The number of methoxy groups -OCH3 is 2. The van der Waals surface area contributed by atoms with Crippen LogP contribution in [0.15, 0.2) is 102 Å². The number of dihydropyridines is 1. The molecule has 0 aromatic heterocycles. The molecule has 4 aromatic carbocycles. The number of allylic oxidation sites excluding steroid dienone is 2. The quantitative estimate of drug-likeness (QED) is 0.309. The Bertz CT molecular complexity index is 1710. The Morgan fingerprint density at radius 2 is 1.62 bits per heavy atom. The van der Waals surface area contributed by atoms with E-state index in [1.165, 1.54) is 7.11 Å². The maximum absolute atomic E-state index is 13.6. The van der Waals surface area contributed by atoms with Gasteiger partial charge in [-0.25, -0.2) is 4.79 Å². The number of fused-ring (bicyclic) bond motifs is 3. The molecule has 194 valence electrons. The molecular weight excluding hydrogens is 490 g/mol. The van der Waals surface area contributed by atoms with Crippen molar-refractivity contribution in [2.75, 3.05) is 14.2 Å². The number of Topliss-reactive ketones (excluding diaryl/α,β-unsaturated/α-hetero) is 1. The lowest BCUT2D eigenvalue weighted by Crippen LogP contribution is -2.29. The van der Waals surface area contributed by atoms with Crippen LogP contribution in [-0.4, -0.2) is 26.0 Å². The summed E-state index contributed by atoms with van der Waals surface area (Å²) in [6.45, 7) is 2.19. The van der Waals surface area contributed by atoms with Crippen LogP contribution in [0.25, 0.3) is 16.5 Å². The van der Waals surface area contributed by atoms with Crippen molar-refractivity contribution in [1.82, 2.24) is 5.32 Å². The Balaban J connectivity index is 1.39. The second-order valence-corrected chi connectivity index (χ2v) is 9.59. The first kappa shape index (κ1) is 24.5. The van der Waals surface area contributed by atoms with E-state index >= 15 is 0 Å². The molecule has 0 bridgehead atoms. The highest BCUT2D eigenvalue weighted by Crippen LogP contribution is 2.48. The molecule has 0 amide bonds. The lowest BCUT2D eigenvalue weighted by Gasteiger charge is -2.29. The monoisotopic (exact) mass is 517 g/mol. The predicted molar refractivity (Wildman–Crippen MR) is 150 cm³/mol. The van der Waals surface area contributed by atoms with Gasteiger partial charge in [-0.3, -0.25) is 4.79 Å². The van der Waals surface area contributed by atoms with Gasteiger partial charge in [0.15, 0.2) is 17.3 Å². The molecule has 39 heavy (non-hydrogen) atoms. The lowest BCUT2D eigenvalue weighted by atomic mass is 9.79. The summed E-state index contributed by atoms with van der Waals surface area (Å²) in [6.07, 6.45) is 0. The van der Waals surface area contributed by atoms with Crippen molar-refractivity contribution in [1.29, 1.82) is 0 Å². The number of rotatable bonds is 6. The van der Waals surface area contributed by atoms with Gasteiger partial charge in [0, 0.05) is 28.3 Å². The number of benzene rings is 4. The Labute approximate surface area is 226 Å². The average molecular weight is 518 g/mol. The van der Waals surface area contributed by atoms with E-state index in [-0.39, 0.29) is 5.78 Å². The van der Waals surface area contributed by atoms with Gasteiger partial charge in [-0.05, 0) is 41.0 Å². The van der Waals surface area contributed by atoms with E-state index in [2.05, 4.69) is 23.5 Å². The maximum Gasteiger partial charge on any atom is 0.336 e. The normalized spacial score (nSPS) is 16.1. The van der Waals surface area contributed by atoms with Gasteiger partial charge in [0.05, 0.1) is 25.5 Å². The summed E-state index contributed by atoms with van der Waals surface area (Å²) in [5.74, 6) is -0.149. The molecule has 0 saturated carbocycles. The van der Waals surface area contributed by atoms with E-state index in [4.69, 9.17) is 14.2 Å². The number of esters is 1. The largest absolute Gasteiger partial charge is 0.493 e. The molecule has 0 fully saturated rings. The molecular formula is C33H27NO5. The van der Waals surface area contributed by atoms with E-state index in [0.717, 1.165) is 33.2 Å². The average Bonchev–Trinajstić information content (AvgIpc) is 3.26. The Morgan fingerprint density at radius 1 is 0.872 bits per heavy atom. The van der Waals surface area contributed by atoms with Crippen LogP contribution >= 0.6 is 0 Å². The van der Waals surface area contributed by atoms with Crippen LogP contribution < -0.4 is 14.8 Å². The molecule has 0 unspecified atom stereocenters. The predicted octanol–water partition coefficient (Wildman–Crippen LogP) is 6.17. The van der Waals surface area contributed by atoms with Crippen LogP contribution in [0.3, 0.4) is 0 Å². The van der Waals surface area contributed by atoms with Crippen molar-refractivity contribution in [3.63, 3.8) is 0 Å². The molecule has 0 radical (unpaired) electrons. The fraction of sp³-hybridized carbons (Fsp3) is 0.152. The minimum atomic E-state index is -0.630. The summed E-state index contributed by atoms with van der Waals surface area (Å²) in [6, 6.07) is 27.4. The SMILES string of the molecule is COC(=O)C1=C(C)NC2=C(C(=O)c3ccccc32)[C@H]1c1ccc(OCc2cccc3ccccc23)c(OC)c1. The number of hydrogen-bond acceptors (Lipinski definition) is 6. The first-order chi connectivity index (χ1) is 19.0. The second-order valence-electron chi connectivity index (χ2n) is 9.59. The van der Waals surface area contributed by atoms with Gasteiger partial charge in [-0.1, -0.05) is 72.8 Å². The third-order valence-corrected chi connectivity index (χ3v) is 7.44. The van der Waals surface area contributed by atoms with Gasteiger partial charge < -0.3 is 19.5 Å². The van der Waals surface area contributed by atoms with Gasteiger partial charge >= 0.3 is 5.97 Å². The highest BCUT2D eigenvalue weighted by atomic mass is 16.5. The minimum absolute atomic E-state index is 0.109. The number of carbonyl (C=O) groups excluding carboxylic acids is 2. The summed E-state index contributed by atoms with van der Waals surface area (Å²) in [4.78, 5) is 26.6. The van der Waals surface area contributed by atoms with Gasteiger partial charge in [0.1, 0.15) is 6.61 Å². The molecule has 6 rings (SSSR count). The molecule has 1 aliphatic carbocycles. The van der Waals surface area contributed by atoms with Crippen molar-refractivity contribution in [3.05, 3.63) is 124 Å². The summed E-state index contributed by atoms with van der Waals surface area (Å²) in [5, 5.41) is 5.59. The summed E-state index contributed by atoms with van der Waals surface area (Å²) < 4.78 is 17.1. The zero-order valence-corrected chi connectivity index (χ0v) is 21.9. The zero-order valence-electron chi connectivity index (χ0n) is 21.9. The maximum atomic E-state index is 13.6. The van der Waals surface area contributed by atoms with Gasteiger partial charge in [-0.2, -0.15) is 0 Å². The van der Waals surface area contributed by atoms with Crippen molar-refractivity contribution >= 4 is 28.2 Å².